The molecule has 276 valence electrons. The van der Waals surface area contributed by atoms with Crippen LogP contribution in [0.5, 0.6) is 0 Å². The van der Waals surface area contributed by atoms with E-state index in [0.29, 0.717) is 26.1 Å². The Morgan fingerprint density at radius 1 is 1.04 bits per heavy atom. The fraction of sp³-hybridized carbons (Fsp3) is 0.788. The van der Waals surface area contributed by atoms with Crippen LogP contribution >= 0.6 is 0 Å². The second-order valence-corrected chi connectivity index (χ2v) is 14.5. The van der Waals surface area contributed by atoms with Crippen molar-refractivity contribution in [3.05, 3.63) is 27.2 Å². The Morgan fingerprint density at radius 2 is 1.69 bits per heavy atom. The first kappa shape index (κ1) is 38.6. The van der Waals surface area contributed by atoms with E-state index >= 15 is 0 Å². The van der Waals surface area contributed by atoms with Crippen molar-refractivity contribution in [3.8, 4) is 0 Å². The maximum Gasteiger partial charge on any atom is 0.332 e. The van der Waals surface area contributed by atoms with Gasteiger partial charge in [0, 0.05) is 58.7 Å². The van der Waals surface area contributed by atoms with E-state index in [1.165, 1.54) is 38.8 Å². The first-order valence-corrected chi connectivity index (χ1v) is 17.2. The van der Waals surface area contributed by atoms with Crippen LogP contribution in [0.3, 0.4) is 0 Å². The zero-order valence-corrected chi connectivity index (χ0v) is 29.6. The van der Waals surface area contributed by atoms with Crippen LogP contribution < -0.4 is 16.6 Å². The highest BCUT2D eigenvalue weighted by Gasteiger charge is 2.53. The highest BCUT2D eigenvalue weighted by atomic mass is 16.6. The van der Waals surface area contributed by atoms with Gasteiger partial charge in [0.05, 0.1) is 30.1 Å². The predicted octanol–water partition coefficient (Wildman–Crippen LogP) is -1.40. The van der Waals surface area contributed by atoms with E-state index in [2.05, 4.69) is 10.3 Å². The lowest BCUT2D eigenvalue weighted by atomic mass is 9.64. The first-order chi connectivity index (χ1) is 22.8. The number of hydrogen-bond donors (Lipinski definition) is 6. The molecule has 0 aromatic carbocycles. The molecule has 1 saturated carbocycles. The van der Waals surface area contributed by atoms with Crippen LogP contribution in [0.4, 0.5) is 0 Å². The number of fused-ring (bicyclic) bond motifs is 12. The number of hydrogen-bond acceptors (Lipinski definition) is 12. The van der Waals surface area contributed by atoms with Gasteiger partial charge in [-0.2, -0.15) is 0 Å². The lowest BCUT2D eigenvalue weighted by Crippen LogP contribution is -2.61. The molecule has 49 heavy (non-hydrogen) atoms. The van der Waals surface area contributed by atoms with Crippen LogP contribution in [-0.4, -0.2) is 122 Å². The van der Waals surface area contributed by atoms with E-state index < -0.39 is 70.7 Å². The number of aliphatic hydroxyl groups excluding tert-OH is 3. The third-order valence-electron chi connectivity index (χ3n) is 10.9. The number of aromatic nitrogens is 4. The van der Waals surface area contributed by atoms with Crippen LogP contribution in [0.1, 0.15) is 66.7 Å². The molecule has 2 bridgehead atoms. The molecule has 4 heterocycles. The number of esters is 1. The predicted molar refractivity (Wildman–Crippen MR) is 178 cm³/mol. The monoisotopic (exact) mass is 694 g/mol. The minimum atomic E-state index is -1.85. The van der Waals surface area contributed by atoms with Crippen LogP contribution in [-0.2, 0) is 35.0 Å². The number of nitrogens with one attached hydrogen (secondary N) is 1. The van der Waals surface area contributed by atoms with Gasteiger partial charge < -0.3 is 40.2 Å². The molecule has 0 unspecified atom stereocenters. The summed E-state index contributed by atoms with van der Waals surface area (Å²) < 4.78 is 9.46. The van der Waals surface area contributed by atoms with Crippen LogP contribution in [0.2, 0.25) is 0 Å². The van der Waals surface area contributed by atoms with Crippen molar-refractivity contribution in [1.82, 2.24) is 28.9 Å². The maximum absolute atomic E-state index is 13.1. The zero-order valence-electron chi connectivity index (χ0n) is 29.6. The van der Waals surface area contributed by atoms with Crippen molar-refractivity contribution in [2.45, 2.75) is 115 Å². The molecule has 16 heteroatoms. The summed E-state index contributed by atoms with van der Waals surface area (Å²) >= 11 is 0. The van der Waals surface area contributed by atoms with E-state index in [1.54, 1.807) is 25.3 Å². The van der Waals surface area contributed by atoms with Gasteiger partial charge >= 0.3 is 11.7 Å². The normalized spacial score (nSPS) is 34.9. The van der Waals surface area contributed by atoms with E-state index in [0.717, 1.165) is 4.57 Å². The van der Waals surface area contributed by atoms with Gasteiger partial charge in [0.2, 0.25) is 5.91 Å². The lowest BCUT2D eigenvalue weighted by Gasteiger charge is -2.51. The number of amides is 1. The van der Waals surface area contributed by atoms with E-state index in [1.807, 2.05) is 4.90 Å². The van der Waals surface area contributed by atoms with Gasteiger partial charge in [-0.05, 0) is 52.4 Å². The van der Waals surface area contributed by atoms with Crippen LogP contribution in [0.25, 0.3) is 11.2 Å². The summed E-state index contributed by atoms with van der Waals surface area (Å²) in [5.74, 6) is -2.99. The Morgan fingerprint density at radius 3 is 2.33 bits per heavy atom. The average molecular weight is 695 g/mol. The summed E-state index contributed by atoms with van der Waals surface area (Å²) in [7, 11) is 2.91. The van der Waals surface area contributed by atoms with Crippen molar-refractivity contribution in [2.75, 3.05) is 19.6 Å². The minimum absolute atomic E-state index is 0.0576. The van der Waals surface area contributed by atoms with Crippen molar-refractivity contribution < 1.29 is 39.9 Å². The molecular weight excluding hydrogens is 640 g/mol. The molecule has 8 atom stereocenters. The Kier molecular flexibility index (Phi) is 11.8. The molecule has 16 nitrogen and oxygen atoms in total. The van der Waals surface area contributed by atoms with Gasteiger partial charge in [0.25, 0.3) is 5.56 Å². The number of aryl methyl sites for hydroxylation is 2. The van der Waals surface area contributed by atoms with Gasteiger partial charge in [-0.3, -0.25) is 28.4 Å². The number of aliphatic hydroxyl groups is 5. The number of nitrogens with zero attached hydrogens (tertiary/aromatic N) is 5. The Bertz CT molecular complexity index is 1610. The van der Waals surface area contributed by atoms with Crippen LogP contribution in [0.15, 0.2) is 15.9 Å². The number of carbonyl (C=O) groups is 2. The average Bonchev–Trinajstić information content (AvgIpc) is 3.49. The van der Waals surface area contributed by atoms with Gasteiger partial charge in [0.15, 0.2) is 11.2 Å². The van der Waals surface area contributed by atoms with Crippen LogP contribution in [0, 0.1) is 17.8 Å². The zero-order chi connectivity index (χ0) is 36.6. The Hall–Kier alpha value is -3.15. The summed E-state index contributed by atoms with van der Waals surface area (Å²) in [6.07, 6.45) is -2.39. The molecular formula is C33H54N6O10. The molecule has 6 N–H and O–H groups in total. The van der Waals surface area contributed by atoms with E-state index in [4.69, 9.17) is 4.74 Å². The Labute approximate surface area is 285 Å². The summed E-state index contributed by atoms with van der Waals surface area (Å²) in [5.41, 5.74) is -3.82. The van der Waals surface area contributed by atoms with Gasteiger partial charge in [-0.1, -0.05) is 13.8 Å². The quantitative estimate of drug-likeness (QED) is 0.139. The number of rotatable bonds is 8. The molecule has 0 spiro atoms. The summed E-state index contributed by atoms with van der Waals surface area (Å²) in [6, 6.07) is -0.628. The van der Waals surface area contributed by atoms with Gasteiger partial charge in [-0.25, -0.2) is 9.78 Å². The topological polar surface area (TPSA) is 222 Å². The van der Waals surface area contributed by atoms with Crippen molar-refractivity contribution in [3.63, 3.8) is 0 Å². The third kappa shape index (κ3) is 7.64. The molecule has 2 saturated heterocycles. The minimum Gasteiger partial charge on any atom is -0.459 e. The van der Waals surface area contributed by atoms with E-state index in [-0.39, 0.29) is 55.2 Å². The summed E-state index contributed by atoms with van der Waals surface area (Å²) in [6.45, 7) is 9.23. The molecule has 2 aromatic rings. The summed E-state index contributed by atoms with van der Waals surface area (Å²) in [4.78, 5) is 56.8. The SMILES string of the molecule is CC[C@H]1OC(=O)[C@H](C)[C@@H](O)[C@H](C)[C@@H](O)[C@]2(O)C[C@H](CN(CCCNC(=O)CCn3cnc4c3c(=O)n(C)c(=O)n4C)[C@H](C)[C@@H](O)[C@]1(C)O)C2. The molecule has 3 aliphatic rings. The second-order valence-electron chi connectivity index (χ2n) is 14.5. The Balaban J connectivity index is 1.43. The van der Waals surface area contributed by atoms with Crippen molar-refractivity contribution >= 4 is 23.0 Å². The molecule has 2 aromatic heterocycles. The van der Waals surface area contributed by atoms with Crippen molar-refractivity contribution in [2.24, 2.45) is 31.8 Å². The second kappa shape index (κ2) is 15.0. The van der Waals surface area contributed by atoms with Gasteiger partial charge in [0.1, 0.15) is 17.8 Å². The summed E-state index contributed by atoms with van der Waals surface area (Å²) in [5, 5.41) is 59.1. The highest BCUT2D eigenvalue weighted by Crippen LogP contribution is 2.44. The first-order valence-electron chi connectivity index (χ1n) is 17.2. The smallest absolute Gasteiger partial charge is 0.332 e. The third-order valence-corrected chi connectivity index (χ3v) is 10.9. The largest absolute Gasteiger partial charge is 0.459 e. The molecule has 2 aliphatic heterocycles. The molecule has 0 radical (unpaired) electrons. The molecule has 1 amide bonds. The number of ether oxygens (including phenoxy) is 1. The van der Waals surface area contributed by atoms with E-state index in [9.17, 15) is 44.7 Å². The molecule has 1 aliphatic carbocycles. The lowest BCUT2D eigenvalue weighted by molar-refractivity contribution is -0.194. The fourth-order valence-electron chi connectivity index (χ4n) is 7.50. The fourth-order valence-corrected chi connectivity index (χ4v) is 7.50. The highest BCUT2D eigenvalue weighted by molar-refractivity contribution is 5.76. The standard InChI is InChI=1S/C33H54N6O10/c1-8-22-32(5,47)27(43)20(4)38(16-21-14-33(48,15-21)26(42)18(2)25(41)19(3)30(45)49-22)12-9-11-34-23(40)10-13-39-17-35-28-24(39)29(44)37(7)31(46)36(28)6/h17-22,25-27,41-43,47-48H,8-16H2,1-7H3,(H,34,40)/t18-,19+,20+,21-,22+,25-,26+,27+,32+,33-/m0/s1. The van der Waals surface area contributed by atoms with Gasteiger partial charge in [-0.15, -0.1) is 0 Å². The van der Waals surface area contributed by atoms with Crippen molar-refractivity contribution in [1.29, 1.82) is 0 Å². The maximum atomic E-state index is 13.1. The molecule has 5 rings (SSSR count). The number of imidazole rings is 1. The number of carbonyl (C=O) groups excluding carboxylic acids is 2. The molecule has 3 fully saturated rings.